The molecule has 1 aromatic rings. The average Bonchev–Trinajstić information content (AvgIpc) is 2.63. The number of ether oxygens (including phenoxy) is 3. The summed E-state index contributed by atoms with van der Waals surface area (Å²) in [5.41, 5.74) is -1.43. The maximum absolute atomic E-state index is 13.2. The second kappa shape index (κ2) is 10.9. The number of hydrogen-bond acceptors (Lipinski definition) is 8. The number of nitrogens with zero attached hydrogens (tertiary/aromatic N) is 3. The summed E-state index contributed by atoms with van der Waals surface area (Å²) >= 11 is 0. The van der Waals surface area contributed by atoms with Gasteiger partial charge in [-0.1, -0.05) is 6.92 Å². The number of nitrogens with one attached hydrogen (secondary N) is 1. The van der Waals surface area contributed by atoms with Crippen molar-refractivity contribution in [2.75, 3.05) is 22.9 Å². The molecule has 0 unspecified atom stereocenters. The number of rotatable bonds is 3. The molecule has 1 fully saturated rings. The molecule has 2 rings (SSSR count). The number of amides is 3. The van der Waals surface area contributed by atoms with Crippen LogP contribution in [0.4, 0.5) is 25.8 Å². The monoisotopic (exact) mass is 506 g/mol. The van der Waals surface area contributed by atoms with Crippen LogP contribution in [-0.2, 0) is 14.2 Å². The van der Waals surface area contributed by atoms with Gasteiger partial charge in [0.1, 0.15) is 22.5 Å². The SMILES string of the molecule is C[C@@H]1C[C@H](NC(=O)OC(C)(C)C)CN(c2ccncc2N(C(=O)OC(C)(C)C)C(=O)OC(C)(C)C)C1. The van der Waals surface area contributed by atoms with E-state index in [-0.39, 0.29) is 17.6 Å². The predicted molar refractivity (Wildman–Crippen MR) is 138 cm³/mol. The van der Waals surface area contributed by atoms with E-state index in [0.717, 1.165) is 11.3 Å². The minimum atomic E-state index is -0.862. The Morgan fingerprint density at radius 1 is 0.917 bits per heavy atom. The molecule has 0 saturated carbocycles. The van der Waals surface area contributed by atoms with Gasteiger partial charge in [-0.15, -0.1) is 0 Å². The highest BCUT2D eigenvalue weighted by Gasteiger charge is 2.36. The van der Waals surface area contributed by atoms with Crippen LogP contribution >= 0.6 is 0 Å². The van der Waals surface area contributed by atoms with Crippen molar-refractivity contribution < 1.29 is 28.6 Å². The first-order chi connectivity index (χ1) is 16.3. The Labute approximate surface area is 214 Å². The maximum atomic E-state index is 13.2. The molecular formula is C26H42N4O6. The van der Waals surface area contributed by atoms with Crippen LogP contribution in [0.3, 0.4) is 0 Å². The second-order valence-electron chi connectivity index (χ2n) is 12.2. The molecule has 36 heavy (non-hydrogen) atoms. The fraction of sp³-hybridized carbons (Fsp3) is 0.692. The molecule has 2 atom stereocenters. The van der Waals surface area contributed by atoms with E-state index in [2.05, 4.69) is 17.2 Å². The van der Waals surface area contributed by atoms with Crippen LogP contribution in [-0.4, -0.2) is 59.2 Å². The molecule has 1 N–H and O–H groups in total. The van der Waals surface area contributed by atoms with Crippen molar-refractivity contribution in [3.63, 3.8) is 0 Å². The van der Waals surface area contributed by atoms with Gasteiger partial charge in [0, 0.05) is 25.3 Å². The Kier molecular flexibility index (Phi) is 8.86. The number of alkyl carbamates (subject to hydrolysis) is 1. The van der Waals surface area contributed by atoms with Gasteiger partial charge in [0.25, 0.3) is 0 Å². The first-order valence-electron chi connectivity index (χ1n) is 12.3. The number of piperidine rings is 1. The van der Waals surface area contributed by atoms with Gasteiger partial charge < -0.3 is 24.4 Å². The van der Waals surface area contributed by atoms with E-state index < -0.39 is 35.1 Å². The van der Waals surface area contributed by atoms with E-state index in [9.17, 15) is 14.4 Å². The molecule has 10 heteroatoms. The number of anilines is 2. The Morgan fingerprint density at radius 2 is 1.44 bits per heavy atom. The Balaban J connectivity index is 2.41. The summed E-state index contributed by atoms with van der Waals surface area (Å²) in [5.74, 6) is 0.219. The lowest BCUT2D eigenvalue weighted by atomic mass is 9.95. The summed E-state index contributed by atoms with van der Waals surface area (Å²) < 4.78 is 16.5. The first kappa shape index (κ1) is 29.2. The molecule has 0 spiro atoms. The van der Waals surface area contributed by atoms with Crippen molar-refractivity contribution in [3.05, 3.63) is 18.5 Å². The van der Waals surface area contributed by atoms with Crippen molar-refractivity contribution >= 4 is 29.7 Å². The van der Waals surface area contributed by atoms with Crippen LogP contribution in [0, 0.1) is 5.92 Å². The maximum Gasteiger partial charge on any atom is 0.424 e. The van der Waals surface area contributed by atoms with Crippen molar-refractivity contribution in [3.8, 4) is 0 Å². The van der Waals surface area contributed by atoms with E-state index >= 15 is 0 Å². The van der Waals surface area contributed by atoms with Gasteiger partial charge in [-0.2, -0.15) is 4.90 Å². The third-order valence-electron chi connectivity index (χ3n) is 4.89. The second-order valence-corrected chi connectivity index (χ2v) is 12.2. The molecule has 0 bridgehead atoms. The third-order valence-corrected chi connectivity index (χ3v) is 4.89. The van der Waals surface area contributed by atoms with Crippen LogP contribution in [0.2, 0.25) is 0 Å². The highest BCUT2D eigenvalue weighted by Crippen LogP contribution is 2.34. The minimum absolute atomic E-state index is 0.193. The van der Waals surface area contributed by atoms with E-state index in [1.165, 1.54) is 6.20 Å². The fourth-order valence-corrected chi connectivity index (χ4v) is 3.83. The van der Waals surface area contributed by atoms with Gasteiger partial charge in [0.15, 0.2) is 0 Å². The number of carbonyl (C=O) groups excluding carboxylic acids is 3. The zero-order valence-electron chi connectivity index (χ0n) is 23.3. The lowest BCUT2D eigenvalue weighted by Crippen LogP contribution is -2.52. The van der Waals surface area contributed by atoms with Crippen LogP contribution in [0.1, 0.15) is 75.7 Å². The number of imide groups is 1. The first-order valence-corrected chi connectivity index (χ1v) is 12.3. The van der Waals surface area contributed by atoms with Gasteiger partial charge >= 0.3 is 18.3 Å². The number of carbonyl (C=O) groups is 3. The largest absolute Gasteiger partial charge is 0.444 e. The van der Waals surface area contributed by atoms with Gasteiger partial charge in [0.05, 0.1) is 11.9 Å². The van der Waals surface area contributed by atoms with Crippen molar-refractivity contribution in [1.82, 2.24) is 10.3 Å². The average molecular weight is 507 g/mol. The molecular weight excluding hydrogens is 464 g/mol. The Hall–Kier alpha value is -3.04. The summed E-state index contributed by atoms with van der Waals surface area (Å²) in [7, 11) is 0. The number of hydrogen-bond donors (Lipinski definition) is 1. The van der Waals surface area contributed by atoms with Gasteiger partial charge in [-0.25, -0.2) is 14.4 Å². The van der Waals surface area contributed by atoms with E-state index in [1.54, 1.807) is 53.8 Å². The van der Waals surface area contributed by atoms with Gasteiger partial charge in [-0.3, -0.25) is 4.98 Å². The summed E-state index contributed by atoms with van der Waals surface area (Å²) in [6.45, 7) is 19.0. The quantitative estimate of drug-likeness (QED) is 0.535. The van der Waals surface area contributed by atoms with Crippen molar-refractivity contribution in [2.45, 2.75) is 98.5 Å². The lowest BCUT2D eigenvalue weighted by Gasteiger charge is -2.39. The molecule has 2 heterocycles. The molecule has 0 aliphatic carbocycles. The predicted octanol–water partition coefficient (Wildman–Crippen LogP) is 5.50. The van der Waals surface area contributed by atoms with Crippen LogP contribution < -0.4 is 15.1 Å². The van der Waals surface area contributed by atoms with E-state index in [1.807, 2.05) is 25.7 Å². The molecule has 0 aromatic carbocycles. The Morgan fingerprint density at radius 3 is 1.94 bits per heavy atom. The fourth-order valence-electron chi connectivity index (χ4n) is 3.83. The lowest BCUT2D eigenvalue weighted by molar-refractivity contribution is 0.0427. The Bertz CT molecular complexity index is 917. The number of pyridine rings is 1. The highest BCUT2D eigenvalue weighted by atomic mass is 16.6. The molecule has 202 valence electrons. The molecule has 1 aromatic heterocycles. The molecule has 10 nitrogen and oxygen atoms in total. The standard InChI is InChI=1S/C26H42N4O6/c1-17-13-18(28-21(31)34-24(2,3)4)16-29(15-17)19-11-12-27-14-20(19)30(22(32)35-25(5,6)7)23(33)36-26(8,9)10/h11-12,14,17-18H,13,15-16H2,1-10H3,(H,28,31)/t17-,18+/m1/s1. The molecule has 0 radical (unpaired) electrons. The highest BCUT2D eigenvalue weighted by molar-refractivity contribution is 6.11. The summed E-state index contributed by atoms with van der Waals surface area (Å²) in [4.78, 5) is 45.9. The summed E-state index contributed by atoms with van der Waals surface area (Å²) in [6, 6.07) is 1.54. The van der Waals surface area contributed by atoms with Gasteiger partial charge in [-0.05, 0) is 80.7 Å². The summed E-state index contributed by atoms with van der Waals surface area (Å²) in [6.07, 6.45) is 1.59. The van der Waals surface area contributed by atoms with Crippen LogP contribution in [0.15, 0.2) is 18.5 Å². The van der Waals surface area contributed by atoms with Crippen LogP contribution in [0.25, 0.3) is 0 Å². The van der Waals surface area contributed by atoms with E-state index in [4.69, 9.17) is 14.2 Å². The minimum Gasteiger partial charge on any atom is -0.444 e. The molecule has 3 amide bonds. The molecule has 1 aliphatic heterocycles. The van der Waals surface area contributed by atoms with Crippen molar-refractivity contribution in [2.24, 2.45) is 5.92 Å². The smallest absolute Gasteiger partial charge is 0.424 e. The summed E-state index contributed by atoms with van der Waals surface area (Å²) in [5, 5.41) is 2.95. The zero-order chi connectivity index (χ0) is 27.5. The molecule has 1 saturated heterocycles. The third kappa shape index (κ3) is 9.20. The zero-order valence-corrected chi connectivity index (χ0v) is 23.3. The number of aromatic nitrogens is 1. The topological polar surface area (TPSA) is 110 Å². The van der Waals surface area contributed by atoms with E-state index in [0.29, 0.717) is 18.8 Å². The molecule has 1 aliphatic rings. The van der Waals surface area contributed by atoms with Gasteiger partial charge in [0.2, 0.25) is 0 Å². The van der Waals surface area contributed by atoms with Crippen LogP contribution in [0.5, 0.6) is 0 Å². The normalized spacial score (nSPS) is 18.8. The van der Waals surface area contributed by atoms with Crippen molar-refractivity contribution in [1.29, 1.82) is 0 Å².